The predicted molar refractivity (Wildman–Crippen MR) is 38.3 cm³/mol. The summed E-state index contributed by atoms with van der Waals surface area (Å²) < 4.78 is 15.7. The molecular weight excluding hydrogens is 160 g/mol. The number of aliphatic hydroxyl groups excluding tert-OH is 1. The molecule has 3 rings (SSSR count). The molecule has 12 heavy (non-hydrogen) atoms. The van der Waals surface area contributed by atoms with Crippen LogP contribution in [0.1, 0.15) is 19.3 Å². The van der Waals surface area contributed by atoms with Crippen molar-refractivity contribution < 1.29 is 19.3 Å². The van der Waals surface area contributed by atoms with Crippen LogP contribution in [-0.4, -0.2) is 36.0 Å². The summed E-state index contributed by atoms with van der Waals surface area (Å²) in [6.07, 6.45) is 2.49. The number of aliphatic hydroxyl groups is 1. The molecule has 2 saturated heterocycles. The Morgan fingerprint density at radius 3 is 2.67 bits per heavy atom. The normalized spacial score (nSPS) is 56.2. The standard InChI is InChI=1S/C8H12O4/c9-4-2-1-3-5(4)10-7-6-8(11-6)12-7/h4-9H,1-3H2. The first kappa shape index (κ1) is 7.26. The van der Waals surface area contributed by atoms with Crippen LogP contribution in [0.5, 0.6) is 0 Å². The highest BCUT2D eigenvalue weighted by Gasteiger charge is 2.60. The average molecular weight is 172 g/mol. The van der Waals surface area contributed by atoms with Gasteiger partial charge in [-0.05, 0) is 19.3 Å². The van der Waals surface area contributed by atoms with Crippen molar-refractivity contribution in [3.63, 3.8) is 0 Å². The molecule has 0 aromatic rings. The summed E-state index contributed by atoms with van der Waals surface area (Å²) in [5.41, 5.74) is 0. The number of fused-ring (bicyclic) bond motifs is 1. The maximum atomic E-state index is 9.44. The molecule has 1 N–H and O–H groups in total. The van der Waals surface area contributed by atoms with Gasteiger partial charge in [-0.3, -0.25) is 0 Å². The van der Waals surface area contributed by atoms with E-state index in [0.29, 0.717) is 0 Å². The van der Waals surface area contributed by atoms with Crippen LogP contribution < -0.4 is 0 Å². The Bertz CT molecular complexity index is 195. The SMILES string of the molecule is OC1CCCC1OC1OC2OC12. The summed E-state index contributed by atoms with van der Waals surface area (Å²) in [5.74, 6) is 0. The van der Waals surface area contributed by atoms with E-state index in [9.17, 15) is 5.11 Å². The smallest absolute Gasteiger partial charge is 0.192 e. The summed E-state index contributed by atoms with van der Waals surface area (Å²) in [7, 11) is 0. The fraction of sp³-hybridized carbons (Fsp3) is 1.00. The summed E-state index contributed by atoms with van der Waals surface area (Å²) in [6, 6.07) is 0. The Morgan fingerprint density at radius 1 is 1.25 bits per heavy atom. The first-order valence-corrected chi connectivity index (χ1v) is 4.49. The Balaban J connectivity index is 1.53. The Morgan fingerprint density at radius 2 is 2.17 bits per heavy atom. The number of ether oxygens (including phenoxy) is 3. The molecule has 3 aliphatic rings. The summed E-state index contributed by atoms with van der Waals surface area (Å²) in [4.78, 5) is 0. The molecule has 0 aromatic heterocycles. The van der Waals surface area contributed by atoms with Gasteiger partial charge in [0.1, 0.15) is 0 Å². The molecule has 4 heteroatoms. The lowest BCUT2D eigenvalue weighted by atomic mass is 10.2. The van der Waals surface area contributed by atoms with Crippen LogP contribution in [0.2, 0.25) is 0 Å². The van der Waals surface area contributed by atoms with E-state index in [2.05, 4.69) is 0 Å². The second-order valence-electron chi connectivity index (χ2n) is 3.65. The summed E-state index contributed by atoms with van der Waals surface area (Å²) in [5, 5.41) is 9.44. The van der Waals surface area contributed by atoms with Gasteiger partial charge in [0.2, 0.25) is 0 Å². The molecule has 0 amide bonds. The van der Waals surface area contributed by atoms with Gasteiger partial charge in [-0.15, -0.1) is 0 Å². The van der Waals surface area contributed by atoms with Crippen molar-refractivity contribution in [3.8, 4) is 0 Å². The lowest BCUT2D eigenvalue weighted by Gasteiger charge is -2.26. The van der Waals surface area contributed by atoms with Gasteiger partial charge in [0.15, 0.2) is 18.7 Å². The number of hydrogen-bond donors (Lipinski definition) is 1. The molecule has 1 aliphatic carbocycles. The predicted octanol–water partition coefficient (Wildman–Crippen LogP) is -0.00240. The van der Waals surface area contributed by atoms with Crippen molar-refractivity contribution in [2.45, 2.75) is 50.2 Å². The second-order valence-corrected chi connectivity index (χ2v) is 3.65. The van der Waals surface area contributed by atoms with E-state index in [1.54, 1.807) is 0 Å². The highest BCUT2D eigenvalue weighted by Crippen LogP contribution is 2.42. The van der Waals surface area contributed by atoms with Crippen molar-refractivity contribution in [2.24, 2.45) is 0 Å². The molecule has 5 atom stereocenters. The van der Waals surface area contributed by atoms with E-state index < -0.39 is 0 Å². The van der Waals surface area contributed by atoms with Crippen LogP contribution in [0, 0.1) is 0 Å². The summed E-state index contributed by atoms with van der Waals surface area (Å²) in [6.45, 7) is 0. The third kappa shape index (κ3) is 0.992. The Kier molecular flexibility index (Phi) is 1.46. The van der Waals surface area contributed by atoms with Crippen LogP contribution in [0.25, 0.3) is 0 Å². The van der Waals surface area contributed by atoms with Crippen molar-refractivity contribution in [3.05, 3.63) is 0 Å². The fourth-order valence-corrected chi connectivity index (χ4v) is 1.88. The quantitative estimate of drug-likeness (QED) is 0.595. The van der Waals surface area contributed by atoms with Gasteiger partial charge in [0.25, 0.3) is 0 Å². The summed E-state index contributed by atoms with van der Waals surface area (Å²) >= 11 is 0. The van der Waals surface area contributed by atoms with Gasteiger partial charge >= 0.3 is 0 Å². The van der Waals surface area contributed by atoms with E-state index in [1.807, 2.05) is 0 Å². The van der Waals surface area contributed by atoms with Gasteiger partial charge in [-0.2, -0.15) is 0 Å². The molecule has 2 aliphatic heterocycles. The minimum absolute atomic E-state index is 0.00791. The first-order valence-electron chi connectivity index (χ1n) is 4.49. The van der Waals surface area contributed by atoms with Crippen LogP contribution in [0.3, 0.4) is 0 Å². The zero-order valence-corrected chi connectivity index (χ0v) is 6.68. The van der Waals surface area contributed by atoms with E-state index in [-0.39, 0.29) is 30.9 Å². The van der Waals surface area contributed by atoms with Crippen molar-refractivity contribution in [1.82, 2.24) is 0 Å². The van der Waals surface area contributed by atoms with E-state index >= 15 is 0 Å². The zero-order valence-electron chi connectivity index (χ0n) is 6.68. The third-order valence-corrected chi connectivity index (χ3v) is 2.75. The van der Waals surface area contributed by atoms with Gasteiger partial charge in [0, 0.05) is 0 Å². The third-order valence-electron chi connectivity index (χ3n) is 2.75. The van der Waals surface area contributed by atoms with Crippen molar-refractivity contribution in [1.29, 1.82) is 0 Å². The minimum Gasteiger partial charge on any atom is -0.390 e. The highest BCUT2D eigenvalue weighted by atomic mass is 16.9. The lowest BCUT2D eigenvalue weighted by Crippen LogP contribution is -2.40. The average Bonchev–Trinajstić information content (AvgIpc) is 2.50. The fourth-order valence-electron chi connectivity index (χ4n) is 1.88. The molecule has 3 fully saturated rings. The second kappa shape index (κ2) is 2.42. The molecule has 68 valence electrons. The molecule has 0 bridgehead atoms. The van der Waals surface area contributed by atoms with E-state index in [1.165, 1.54) is 0 Å². The number of rotatable bonds is 2. The topological polar surface area (TPSA) is 51.2 Å². The Hall–Kier alpha value is -0.160. The Labute approximate surface area is 70.4 Å². The molecule has 4 nitrogen and oxygen atoms in total. The molecule has 0 spiro atoms. The van der Waals surface area contributed by atoms with Gasteiger partial charge in [-0.25, -0.2) is 0 Å². The maximum Gasteiger partial charge on any atom is 0.192 e. The number of hydrogen-bond acceptors (Lipinski definition) is 4. The molecule has 1 saturated carbocycles. The van der Waals surface area contributed by atoms with Gasteiger partial charge in [0.05, 0.1) is 12.2 Å². The molecule has 5 unspecified atom stereocenters. The van der Waals surface area contributed by atoms with Crippen LogP contribution >= 0.6 is 0 Å². The van der Waals surface area contributed by atoms with E-state index in [4.69, 9.17) is 14.2 Å². The van der Waals surface area contributed by atoms with Gasteiger partial charge in [-0.1, -0.05) is 0 Å². The minimum atomic E-state index is -0.300. The molecular formula is C8H12O4. The monoisotopic (exact) mass is 172 g/mol. The maximum absolute atomic E-state index is 9.44. The van der Waals surface area contributed by atoms with Crippen LogP contribution in [0.4, 0.5) is 0 Å². The highest BCUT2D eigenvalue weighted by molar-refractivity contribution is 4.92. The largest absolute Gasteiger partial charge is 0.390 e. The van der Waals surface area contributed by atoms with Crippen molar-refractivity contribution >= 4 is 0 Å². The first-order chi connectivity index (χ1) is 5.84. The van der Waals surface area contributed by atoms with Crippen LogP contribution in [-0.2, 0) is 14.2 Å². The lowest BCUT2D eigenvalue weighted by molar-refractivity contribution is -0.233. The molecule has 2 heterocycles. The number of epoxide rings is 1. The van der Waals surface area contributed by atoms with Crippen molar-refractivity contribution in [2.75, 3.05) is 0 Å². The van der Waals surface area contributed by atoms with E-state index in [0.717, 1.165) is 19.3 Å². The van der Waals surface area contributed by atoms with Gasteiger partial charge < -0.3 is 19.3 Å². The molecule has 0 aromatic carbocycles. The zero-order chi connectivity index (χ0) is 8.13. The molecule has 0 radical (unpaired) electrons. The van der Waals surface area contributed by atoms with Crippen LogP contribution in [0.15, 0.2) is 0 Å².